The van der Waals surface area contributed by atoms with Crippen LogP contribution in [0, 0.1) is 17.3 Å². The first-order valence-corrected chi connectivity index (χ1v) is 5.03. The Balaban J connectivity index is 2.02. The fourth-order valence-electron chi connectivity index (χ4n) is 3.52. The Kier molecular flexibility index (Phi) is 1.15. The van der Waals surface area contributed by atoms with E-state index in [0.29, 0.717) is 11.7 Å². The van der Waals surface area contributed by atoms with E-state index >= 15 is 0 Å². The van der Waals surface area contributed by atoms with Crippen LogP contribution in [-0.2, 0) is 4.79 Å². The lowest BCUT2D eigenvalue weighted by Crippen LogP contribution is -2.29. The molecule has 12 heavy (non-hydrogen) atoms. The summed E-state index contributed by atoms with van der Waals surface area (Å²) in [5.74, 6) is 1.94. The Bertz CT molecular complexity index is 266. The van der Waals surface area contributed by atoms with Crippen LogP contribution in [0.4, 0.5) is 0 Å². The van der Waals surface area contributed by atoms with Gasteiger partial charge >= 0.3 is 0 Å². The maximum absolute atomic E-state index is 11.8. The first-order chi connectivity index (χ1) is 5.81. The molecule has 2 fully saturated rings. The van der Waals surface area contributed by atoms with Crippen LogP contribution in [0.1, 0.15) is 32.1 Å². The van der Waals surface area contributed by atoms with E-state index < -0.39 is 0 Å². The van der Waals surface area contributed by atoms with Gasteiger partial charge in [-0.25, -0.2) is 0 Å². The lowest BCUT2D eigenvalue weighted by atomic mass is 9.74. The van der Waals surface area contributed by atoms with E-state index in [2.05, 4.69) is 12.2 Å². The van der Waals surface area contributed by atoms with E-state index in [1.54, 1.807) is 0 Å². The van der Waals surface area contributed by atoms with Gasteiger partial charge in [0.15, 0.2) is 0 Å². The summed E-state index contributed by atoms with van der Waals surface area (Å²) in [4.78, 5) is 11.8. The molecular weight excluding hydrogens is 148 g/mol. The van der Waals surface area contributed by atoms with E-state index in [1.807, 2.05) is 0 Å². The van der Waals surface area contributed by atoms with Gasteiger partial charge < -0.3 is 0 Å². The Morgan fingerprint density at radius 1 is 1.42 bits per heavy atom. The highest BCUT2D eigenvalue weighted by molar-refractivity contribution is 5.88. The van der Waals surface area contributed by atoms with E-state index in [1.165, 1.54) is 19.3 Å². The molecule has 0 aliphatic heterocycles. The fraction of sp³-hybridized carbons (Fsp3) is 0.727. The summed E-state index contributed by atoms with van der Waals surface area (Å²) < 4.78 is 0. The van der Waals surface area contributed by atoms with Crippen LogP contribution < -0.4 is 0 Å². The summed E-state index contributed by atoms with van der Waals surface area (Å²) in [6, 6.07) is 0. The van der Waals surface area contributed by atoms with Gasteiger partial charge in [0.2, 0.25) is 0 Å². The van der Waals surface area contributed by atoms with Crippen molar-refractivity contribution >= 4 is 5.78 Å². The van der Waals surface area contributed by atoms with Gasteiger partial charge in [-0.15, -0.1) is 0 Å². The minimum Gasteiger partial charge on any atom is -0.299 e. The van der Waals surface area contributed by atoms with Crippen molar-refractivity contribution < 1.29 is 4.79 Å². The molecule has 0 heterocycles. The van der Waals surface area contributed by atoms with Crippen LogP contribution >= 0.6 is 0 Å². The Morgan fingerprint density at radius 2 is 2.33 bits per heavy atom. The number of carbonyl (C=O) groups excluding carboxylic acids is 1. The summed E-state index contributed by atoms with van der Waals surface area (Å²) in [6.45, 7) is 0. The number of fused-ring (bicyclic) bond motifs is 3. The summed E-state index contributed by atoms with van der Waals surface area (Å²) in [6.07, 6.45) is 10.3. The topological polar surface area (TPSA) is 17.1 Å². The van der Waals surface area contributed by atoms with Crippen molar-refractivity contribution in [3.05, 3.63) is 12.2 Å². The quantitative estimate of drug-likeness (QED) is 0.499. The molecule has 1 spiro atoms. The largest absolute Gasteiger partial charge is 0.299 e. The molecule has 1 nitrogen and oxygen atoms in total. The monoisotopic (exact) mass is 162 g/mol. The number of Topliss-reactive ketones (excluding diaryl/α,β-unsaturated/α-hetero) is 1. The van der Waals surface area contributed by atoms with Gasteiger partial charge in [0.05, 0.1) is 0 Å². The maximum Gasteiger partial charge on any atom is 0.139 e. The molecule has 1 heteroatoms. The highest BCUT2D eigenvalue weighted by atomic mass is 16.1. The van der Waals surface area contributed by atoms with Crippen LogP contribution in [0.5, 0.6) is 0 Å². The normalized spacial score (nSPS) is 49.8. The molecule has 2 bridgehead atoms. The molecule has 0 amide bonds. The molecule has 0 N–H and O–H groups in total. The maximum atomic E-state index is 11.8. The lowest BCUT2D eigenvalue weighted by molar-refractivity contribution is -0.127. The molecule has 64 valence electrons. The number of hydrogen-bond donors (Lipinski definition) is 0. The van der Waals surface area contributed by atoms with E-state index in [-0.39, 0.29) is 5.41 Å². The predicted octanol–water partition coefficient (Wildman–Crippen LogP) is 2.32. The van der Waals surface area contributed by atoms with Gasteiger partial charge in [0.25, 0.3) is 0 Å². The fourth-order valence-corrected chi connectivity index (χ4v) is 3.52. The smallest absolute Gasteiger partial charge is 0.139 e. The first-order valence-electron chi connectivity index (χ1n) is 5.03. The van der Waals surface area contributed by atoms with Gasteiger partial charge in [-0.05, 0) is 37.5 Å². The molecule has 0 aromatic rings. The van der Waals surface area contributed by atoms with Gasteiger partial charge in [0.1, 0.15) is 5.78 Å². The predicted molar refractivity (Wildman–Crippen MR) is 46.6 cm³/mol. The molecule has 3 unspecified atom stereocenters. The molecule has 0 radical (unpaired) electrons. The third kappa shape index (κ3) is 0.634. The lowest BCUT2D eigenvalue weighted by Gasteiger charge is -2.28. The standard InChI is InChI=1S/C11H14O/c12-10-2-1-5-11(10)7-8-3-4-9(11)6-8/h3-4,8-9H,1-2,5-7H2. The van der Waals surface area contributed by atoms with E-state index in [0.717, 1.165) is 18.8 Å². The zero-order valence-electron chi connectivity index (χ0n) is 7.25. The van der Waals surface area contributed by atoms with Crippen LogP contribution in [0.25, 0.3) is 0 Å². The van der Waals surface area contributed by atoms with Crippen molar-refractivity contribution in [2.45, 2.75) is 32.1 Å². The first kappa shape index (κ1) is 6.88. The van der Waals surface area contributed by atoms with Crippen molar-refractivity contribution in [3.8, 4) is 0 Å². The third-order valence-corrected chi connectivity index (χ3v) is 4.09. The minimum atomic E-state index is 0.138. The zero-order chi connectivity index (χ0) is 8.18. The molecule has 0 aromatic carbocycles. The molecule has 3 atom stereocenters. The van der Waals surface area contributed by atoms with Gasteiger partial charge in [-0.3, -0.25) is 4.79 Å². The number of hydrogen-bond acceptors (Lipinski definition) is 1. The highest BCUT2D eigenvalue weighted by Crippen LogP contribution is 2.58. The molecule has 3 aliphatic carbocycles. The molecule has 0 saturated heterocycles. The van der Waals surface area contributed by atoms with Crippen molar-refractivity contribution in [3.63, 3.8) is 0 Å². The van der Waals surface area contributed by atoms with Gasteiger partial charge in [-0.2, -0.15) is 0 Å². The average Bonchev–Trinajstić information content (AvgIpc) is 2.69. The van der Waals surface area contributed by atoms with E-state index in [9.17, 15) is 4.79 Å². The summed E-state index contributed by atoms with van der Waals surface area (Å²) in [7, 11) is 0. The second-order valence-electron chi connectivity index (χ2n) is 4.62. The van der Waals surface area contributed by atoms with Gasteiger partial charge in [0, 0.05) is 11.8 Å². The van der Waals surface area contributed by atoms with Gasteiger partial charge in [-0.1, -0.05) is 12.2 Å². The average molecular weight is 162 g/mol. The van der Waals surface area contributed by atoms with Crippen LogP contribution in [0.3, 0.4) is 0 Å². The van der Waals surface area contributed by atoms with Crippen molar-refractivity contribution in [2.24, 2.45) is 17.3 Å². The SMILES string of the molecule is O=C1CCCC12CC1C=CC2C1. The number of allylic oxidation sites excluding steroid dienone is 2. The van der Waals surface area contributed by atoms with Crippen LogP contribution in [0.2, 0.25) is 0 Å². The second-order valence-corrected chi connectivity index (χ2v) is 4.62. The Morgan fingerprint density at radius 3 is 2.83 bits per heavy atom. The summed E-state index contributed by atoms with van der Waals surface area (Å²) in [5, 5.41) is 0. The molecular formula is C11H14O. The van der Waals surface area contributed by atoms with Crippen LogP contribution in [-0.4, -0.2) is 5.78 Å². The molecule has 3 aliphatic rings. The Labute approximate surface area is 72.8 Å². The third-order valence-electron chi connectivity index (χ3n) is 4.09. The minimum absolute atomic E-state index is 0.138. The summed E-state index contributed by atoms with van der Waals surface area (Å²) >= 11 is 0. The number of ketones is 1. The van der Waals surface area contributed by atoms with Crippen molar-refractivity contribution in [1.29, 1.82) is 0 Å². The molecule has 3 rings (SSSR count). The summed E-state index contributed by atoms with van der Waals surface area (Å²) in [5.41, 5.74) is 0.138. The number of carbonyl (C=O) groups is 1. The molecule has 2 saturated carbocycles. The Hall–Kier alpha value is -0.590. The molecule has 0 aromatic heterocycles. The van der Waals surface area contributed by atoms with Crippen molar-refractivity contribution in [1.82, 2.24) is 0 Å². The highest BCUT2D eigenvalue weighted by Gasteiger charge is 2.54. The zero-order valence-corrected chi connectivity index (χ0v) is 7.25. The second kappa shape index (κ2) is 2.01. The van der Waals surface area contributed by atoms with Crippen molar-refractivity contribution in [2.75, 3.05) is 0 Å². The van der Waals surface area contributed by atoms with E-state index in [4.69, 9.17) is 0 Å². The van der Waals surface area contributed by atoms with Crippen LogP contribution in [0.15, 0.2) is 12.2 Å². The number of rotatable bonds is 0.